The van der Waals surface area contributed by atoms with Gasteiger partial charge in [-0.05, 0) is 38.5 Å². The fourth-order valence-electron chi connectivity index (χ4n) is 2.97. The van der Waals surface area contributed by atoms with E-state index in [1.807, 2.05) is 0 Å². The normalized spacial score (nSPS) is 19.7. The van der Waals surface area contributed by atoms with Crippen molar-refractivity contribution >= 4 is 0 Å². The number of unbranched alkanes of at least 4 members (excludes halogenated alkanes) is 3. The van der Waals surface area contributed by atoms with E-state index >= 15 is 0 Å². The van der Waals surface area contributed by atoms with E-state index in [4.69, 9.17) is 0 Å². The number of rotatable bonds is 5. The largest absolute Gasteiger partial charge is 0.0853 e. The van der Waals surface area contributed by atoms with Crippen LogP contribution >= 0.6 is 0 Å². The Morgan fingerprint density at radius 1 is 0.778 bits per heavy atom. The maximum absolute atomic E-state index is 2.59. The van der Waals surface area contributed by atoms with Crippen LogP contribution in [-0.4, -0.2) is 0 Å². The van der Waals surface area contributed by atoms with Crippen LogP contribution in [0.1, 0.15) is 103 Å². The van der Waals surface area contributed by atoms with Gasteiger partial charge in [-0.1, -0.05) is 76.4 Å². The van der Waals surface area contributed by atoms with Crippen LogP contribution in [0, 0.1) is 0 Å². The molecule has 0 heteroatoms. The van der Waals surface area contributed by atoms with Gasteiger partial charge in [0.1, 0.15) is 0 Å². The van der Waals surface area contributed by atoms with Crippen LogP contribution in [0.4, 0.5) is 0 Å². The van der Waals surface area contributed by atoms with Gasteiger partial charge in [-0.3, -0.25) is 0 Å². The first kappa shape index (κ1) is 15.8. The van der Waals surface area contributed by atoms with Gasteiger partial charge in [0.2, 0.25) is 0 Å². The Morgan fingerprint density at radius 3 is 2.17 bits per heavy atom. The molecule has 0 atom stereocenters. The van der Waals surface area contributed by atoms with Crippen molar-refractivity contribution in [3.8, 4) is 0 Å². The maximum atomic E-state index is 2.59. The van der Waals surface area contributed by atoms with Gasteiger partial charge >= 0.3 is 0 Å². The fraction of sp³-hybridized carbons (Fsp3) is 0.889. The maximum Gasteiger partial charge on any atom is -0.0320 e. The molecule has 1 aliphatic carbocycles. The van der Waals surface area contributed by atoms with Gasteiger partial charge in [0.15, 0.2) is 0 Å². The van der Waals surface area contributed by atoms with E-state index < -0.39 is 0 Å². The first-order valence-electron chi connectivity index (χ1n) is 8.61. The van der Waals surface area contributed by atoms with Crippen LogP contribution in [-0.2, 0) is 0 Å². The smallest absolute Gasteiger partial charge is 0.0320 e. The van der Waals surface area contributed by atoms with Gasteiger partial charge in [-0.2, -0.15) is 0 Å². The predicted octanol–water partition coefficient (Wildman–Crippen LogP) is 6.80. The van der Waals surface area contributed by atoms with E-state index in [9.17, 15) is 0 Å². The summed E-state index contributed by atoms with van der Waals surface area (Å²) in [6.45, 7) is 2.30. The van der Waals surface area contributed by atoms with Gasteiger partial charge < -0.3 is 0 Å². The Balaban J connectivity index is 2.25. The quantitative estimate of drug-likeness (QED) is 0.372. The highest BCUT2D eigenvalue weighted by molar-refractivity contribution is 5.02. The summed E-state index contributed by atoms with van der Waals surface area (Å²) in [5.74, 6) is 0. The van der Waals surface area contributed by atoms with Gasteiger partial charge in [0.25, 0.3) is 0 Å². The summed E-state index contributed by atoms with van der Waals surface area (Å²) >= 11 is 0. The van der Waals surface area contributed by atoms with Crippen molar-refractivity contribution in [1.29, 1.82) is 0 Å². The van der Waals surface area contributed by atoms with Crippen molar-refractivity contribution in [2.24, 2.45) is 0 Å². The van der Waals surface area contributed by atoms with Crippen LogP contribution in [0.25, 0.3) is 0 Å². The molecule has 0 bridgehead atoms. The van der Waals surface area contributed by atoms with Crippen molar-refractivity contribution in [2.45, 2.75) is 103 Å². The lowest BCUT2D eigenvalue weighted by molar-refractivity contribution is 0.556. The molecule has 1 aliphatic rings. The Labute approximate surface area is 115 Å². The molecule has 0 spiro atoms. The third kappa shape index (κ3) is 8.78. The monoisotopic (exact) mass is 250 g/mol. The Hall–Kier alpha value is -0.260. The van der Waals surface area contributed by atoms with E-state index in [1.165, 1.54) is 96.3 Å². The molecule has 0 N–H and O–H groups in total. The summed E-state index contributed by atoms with van der Waals surface area (Å²) in [6.07, 6.45) is 24.1. The van der Waals surface area contributed by atoms with E-state index in [1.54, 1.807) is 5.57 Å². The van der Waals surface area contributed by atoms with Gasteiger partial charge in [-0.15, -0.1) is 0 Å². The molecule has 0 saturated heterocycles. The molecule has 0 aromatic heterocycles. The Bertz CT molecular complexity index is 202. The minimum Gasteiger partial charge on any atom is -0.0853 e. The van der Waals surface area contributed by atoms with E-state index in [-0.39, 0.29) is 0 Å². The zero-order valence-electron chi connectivity index (χ0n) is 12.7. The van der Waals surface area contributed by atoms with Crippen molar-refractivity contribution in [3.63, 3.8) is 0 Å². The molecule has 0 aromatic carbocycles. The van der Waals surface area contributed by atoms with Crippen molar-refractivity contribution < 1.29 is 0 Å². The summed E-state index contributed by atoms with van der Waals surface area (Å²) in [4.78, 5) is 0. The molecule has 0 aliphatic heterocycles. The molecular formula is C18H34. The molecule has 0 unspecified atom stereocenters. The Morgan fingerprint density at radius 2 is 1.44 bits per heavy atom. The van der Waals surface area contributed by atoms with E-state index in [0.717, 1.165) is 0 Å². The van der Waals surface area contributed by atoms with Crippen LogP contribution < -0.4 is 0 Å². The highest BCUT2D eigenvalue weighted by Gasteiger charge is 2.00. The van der Waals surface area contributed by atoms with E-state index in [2.05, 4.69) is 13.0 Å². The third-order valence-electron chi connectivity index (χ3n) is 4.24. The lowest BCUT2D eigenvalue weighted by atomic mass is 9.97. The van der Waals surface area contributed by atoms with Gasteiger partial charge in [0, 0.05) is 0 Å². The van der Waals surface area contributed by atoms with Crippen LogP contribution in [0.2, 0.25) is 0 Å². The molecule has 0 heterocycles. The predicted molar refractivity (Wildman–Crippen MR) is 83.0 cm³/mol. The number of allylic oxidation sites excluding steroid dienone is 2. The summed E-state index contributed by atoms with van der Waals surface area (Å²) in [5, 5.41) is 0. The van der Waals surface area contributed by atoms with Crippen LogP contribution in [0.15, 0.2) is 11.6 Å². The van der Waals surface area contributed by atoms with Crippen molar-refractivity contribution in [1.82, 2.24) is 0 Å². The molecule has 0 amide bonds. The fourth-order valence-corrected chi connectivity index (χ4v) is 2.97. The topological polar surface area (TPSA) is 0 Å². The summed E-state index contributed by atoms with van der Waals surface area (Å²) < 4.78 is 0. The molecule has 0 aromatic rings. The zero-order valence-corrected chi connectivity index (χ0v) is 12.7. The van der Waals surface area contributed by atoms with Crippen LogP contribution in [0.5, 0.6) is 0 Å². The standard InChI is InChI=1S/C18H34/c1-2-3-4-12-15-18-16-13-10-8-6-5-7-9-11-14-17-18/h16H,2-15,17H2,1H3. The second kappa shape index (κ2) is 11.8. The molecule has 0 fully saturated rings. The molecule has 0 nitrogen and oxygen atoms in total. The first-order chi connectivity index (χ1) is 8.93. The molecular weight excluding hydrogens is 216 g/mol. The number of hydrogen-bond acceptors (Lipinski definition) is 0. The average molecular weight is 250 g/mol. The highest BCUT2D eigenvalue weighted by atomic mass is 14.1. The molecule has 106 valence electrons. The second-order valence-electron chi connectivity index (χ2n) is 6.04. The summed E-state index contributed by atoms with van der Waals surface area (Å²) in [5.41, 5.74) is 1.78. The zero-order chi connectivity index (χ0) is 12.9. The highest BCUT2D eigenvalue weighted by Crippen LogP contribution is 2.20. The average Bonchev–Trinajstić information content (AvgIpc) is 2.37. The minimum absolute atomic E-state index is 1.35. The summed E-state index contributed by atoms with van der Waals surface area (Å²) in [6, 6.07) is 0. The van der Waals surface area contributed by atoms with E-state index in [0.29, 0.717) is 0 Å². The second-order valence-corrected chi connectivity index (χ2v) is 6.04. The van der Waals surface area contributed by atoms with Crippen molar-refractivity contribution in [2.75, 3.05) is 0 Å². The minimum atomic E-state index is 1.35. The Kier molecular flexibility index (Phi) is 10.4. The lowest BCUT2D eigenvalue weighted by Crippen LogP contribution is -1.90. The number of hydrogen-bond donors (Lipinski definition) is 0. The lowest BCUT2D eigenvalue weighted by Gasteiger charge is -2.10. The van der Waals surface area contributed by atoms with Crippen molar-refractivity contribution in [3.05, 3.63) is 11.6 Å². The van der Waals surface area contributed by atoms with Crippen LogP contribution in [0.3, 0.4) is 0 Å². The van der Waals surface area contributed by atoms with Gasteiger partial charge in [-0.25, -0.2) is 0 Å². The summed E-state index contributed by atoms with van der Waals surface area (Å²) in [7, 11) is 0. The first-order valence-corrected chi connectivity index (χ1v) is 8.61. The molecule has 1 rings (SSSR count). The SMILES string of the molecule is CCCCCCC1=CCCCCCCCCCC1. The molecule has 0 saturated carbocycles. The molecule has 0 radical (unpaired) electrons. The third-order valence-corrected chi connectivity index (χ3v) is 4.24. The van der Waals surface area contributed by atoms with Gasteiger partial charge in [0.05, 0.1) is 0 Å². The molecule has 18 heavy (non-hydrogen) atoms.